The molecule has 0 bridgehead atoms. The van der Waals surface area contributed by atoms with E-state index in [2.05, 4.69) is 47.2 Å². The number of pyridine rings is 3. The van der Waals surface area contributed by atoms with Crippen LogP contribution in [0.4, 0.5) is 4.39 Å². The predicted molar refractivity (Wildman–Crippen MR) is 164 cm³/mol. The van der Waals surface area contributed by atoms with Crippen LogP contribution in [0.25, 0.3) is 55.6 Å². The molecular formula is C31H29FN8O2S. The third-order valence-electron chi connectivity index (χ3n) is 7.89. The standard InChI is InChI=1S/C31H29FN8O2S/c32-24-9-19(3-6-43(33,41)42)7-21(10-24)27-16-35-17-29-25(27)12-28(37-29)30-26-11-23(15-36-31(26)39-38-30)22-8-20(13-34-14-22)18-40-4-1-2-5-40/h7-17,37H,1-6,18H2,(H2,33,41,42)(H,36,38,39). The minimum absolute atomic E-state index is 0.108. The summed E-state index contributed by atoms with van der Waals surface area (Å²) in [6, 6.07) is 10.7. The van der Waals surface area contributed by atoms with Gasteiger partial charge in [0.1, 0.15) is 11.5 Å². The van der Waals surface area contributed by atoms with Gasteiger partial charge in [-0.2, -0.15) is 5.10 Å². The molecule has 43 heavy (non-hydrogen) atoms. The molecule has 1 aliphatic heterocycles. The van der Waals surface area contributed by atoms with E-state index in [0.717, 1.165) is 52.7 Å². The maximum Gasteiger partial charge on any atom is 0.209 e. The first-order valence-corrected chi connectivity index (χ1v) is 15.8. The summed E-state index contributed by atoms with van der Waals surface area (Å²) in [5, 5.41) is 14.4. The highest BCUT2D eigenvalue weighted by molar-refractivity contribution is 7.89. The van der Waals surface area contributed by atoms with Gasteiger partial charge in [0, 0.05) is 58.8 Å². The minimum atomic E-state index is -3.68. The molecule has 0 amide bonds. The molecule has 4 N–H and O–H groups in total. The lowest BCUT2D eigenvalue weighted by molar-refractivity contribution is 0.331. The van der Waals surface area contributed by atoms with Crippen LogP contribution in [-0.2, 0) is 23.0 Å². The molecule has 0 spiro atoms. The Morgan fingerprint density at radius 2 is 1.65 bits per heavy atom. The number of nitrogens with zero attached hydrogens (tertiary/aromatic N) is 5. The molecule has 1 saturated heterocycles. The Hall–Kier alpha value is -4.52. The van der Waals surface area contributed by atoms with Crippen molar-refractivity contribution >= 4 is 32.0 Å². The van der Waals surface area contributed by atoms with Gasteiger partial charge in [0.25, 0.3) is 0 Å². The number of fused-ring (bicyclic) bond motifs is 2. The second-order valence-electron chi connectivity index (χ2n) is 11.1. The highest BCUT2D eigenvalue weighted by Gasteiger charge is 2.17. The number of sulfonamides is 1. The number of hydrogen-bond acceptors (Lipinski definition) is 7. The lowest BCUT2D eigenvalue weighted by Gasteiger charge is -2.14. The molecule has 5 aromatic heterocycles. The van der Waals surface area contributed by atoms with E-state index in [0.29, 0.717) is 28.0 Å². The highest BCUT2D eigenvalue weighted by atomic mass is 32.2. The molecule has 12 heteroatoms. The summed E-state index contributed by atoms with van der Waals surface area (Å²) in [7, 11) is -3.68. The normalized spacial score (nSPS) is 14.3. The Morgan fingerprint density at radius 1 is 0.860 bits per heavy atom. The molecule has 1 aromatic carbocycles. The number of primary sulfonamides is 1. The summed E-state index contributed by atoms with van der Waals surface area (Å²) < 4.78 is 37.5. The molecule has 6 heterocycles. The zero-order chi connectivity index (χ0) is 29.6. The third-order valence-corrected chi connectivity index (χ3v) is 8.67. The molecule has 0 aliphatic carbocycles. The molecule has 0 unspecified atom stereocenters. The molecule has 6 aromatic rings. The fourth-order valence-electron chi connectivity index (χ4n) is 5.82. The second-order valence-corrected chi connectivity index (χ2v) is 12.8. The van der Waals surface area contributed by atoms with Crippen molar-refractivity contribution in [3.63, 3.8) is 0 Å². The lowest BCUT2D eigenvalue weighted by atomic mass is 10.0. The van der Waals surface area contributed by atoms with Crippen molar-refractivity contribution in [1.29, 1.82) is 0 Å². The summed E-state index contributed by atoms with van der Waals surface area (Å²) in [5.41, 5.74) is 7.79. The topological polar surface area (TPSA) is 147 Å². The van der Waals surface area contributed by atoms with Crippen LogP contribution in [0.3, 0.4) is 0 Å². The number of likely N-dealkylation sites (tertiary alicyclic amines) is 1. The molecule has 10 nitrogen and oxygen atoms in total. The van der Waals surface area contributed by atoms with E-state index in [1.807, 2.05) is 24.7 Å². The van der Waals surface area contributed by atoms with Gasteiger partial charge in [-0.05, 0) is 79.4 Å². The van der Waals surface area contributed by atoms with Crippen LogP contribution in [0.1, 0.15) is 24.0 Å². The SMILES string of the molecule is NS(=O)(=O)CCc1cc(F)cc(-c2cncc3[nH]c(-c4n[nH]c5ncc(-c6cncc(CN7CCCC7)c6)cc45)cc23)c1. The van der Waals surface area contributed by atoms with Crippen LogP contribution in [-0.4, -0.2) is 62.3 Å². The molecule has 1 aliphatic rings. The Kier molecular flexibility index (Phi) is 6.96. The second kappa shape index (κ2) is 11.0. The van der Waals surface area contributed by atoms with Crippen LogP contribution < -0.4 is 5.14 Å². The van der Waals surface area contributed by atoms with Crippen molar-refractivity contribution in [2.24, 2.45) is 5.14 Å². The highest BCUT2D eigenvalue weighted by Crippen LogP contribution is 2.35. The Labute approximate surface area is 247 Å². The number of aryl methyl sites for hydroxylation is 1. The molecular weight excluding hydrogens is 567 g/mol. The van der Waals surface area contributed by atoms with E-state index >= 15 is 0 Å². The Bertz CT molecular complexity index is 2080. The lowest BCUT2D eigenvalue weighted by Crippen LogP contribution is -2.18. The largest absolute Gasteiger partial charge is 0.352 e. The van der Waals surface area contributed by atoms with Crippen LogP contribution in [0, 0.1) is 5.82 Å². The molecule has 0 atom stereocenters. The summed E-state index contributed by atoms with van der Waals surface area (Å²) in [6.07, 6.45) is 11.6. The van der Waals surface area contributed by atoms with Crippen molar-refractivity contribution in [3.05, 3.63) is 84.3 Å². The number of benzene rings is 1. The number of aromatic amines is 2. The van der Waals surface area contributed by atoms with E-state index < -0.39 is 15.8 Å². The van der Waals surface area contributed by atoms with Crippen molar-refractivity contribution < 1.29 is 12.8 Å². The van der Waals surface area contributed by atoms with E-state index in [1.54, 1.807) is 18.5 Å². The average molecular weight is 597 g/mol. The smallest absolute Gasteiger partial charge is 0.209 e. The summed E-state index contributed by atoms with van der Waals surface area (Å²) in [6.45, 7) is 3.13. The van der Waals surface area contributed by atoms with Crippen LogP contribution >= 0.6 is 0 Å². The molecule has 218 valence electrons. The van der Waals surface area contributed by atoms with Crippen LogP contribution in [0.5, 0.6) is 0 Å². The monoisotopic (exact) mass is 596 g/mol. The number of rotatable bonds is 8. The quantitative estimate of drug-likeness (QED) is 0.229. The van der Waals surface area contributed by atoms with Crippen LogP contribution in [0.2, 0.25) is 0 Å². The summed E-state index contributed by atoms with van der Waals surface area (Å²) in [4.78, 5) is 19.4. The van der Waals surface area contributed by atoms with E-state index in [9.17, 15) is 12.8 Å². The summed E-state index contributed by atoms with van der Waals surface area (Å²) in [5.74, 6) is -0.737. The summed E-state index contributed by atoms with van der Waals surface area (Å²) >= 11 is 0. The van der Waals surface area contributed by atoms with Gasteiger partial charge in [-0.1, -0.05) is 6.07 Å². The number of nitrogens with two attached hydrogens (primary N) is 1. The van der Waals surface area contributed by atoms with E-state index in [1.165, 1.54) is 30.5 Å². The average Bonchev–Trinajstić information content (AvgIpc) is 3.75. The van der Waals surface area contributed by atoms with Gasteiger partial charge in [-0.3, -0.25) is 20.0 Å². The van der Waals surface area contributed by atoms with Crippen molar-refractivity contribution in [2.75, 3.05) is 18.8 Å². The van der Waals surface area contributed by atoms with E-state index in [4.69, 9.17) is 5.14 Å². The molecule has 0 radical (unpaired) electrons. The first-order valence-electron chi connectivity index (χ1n) is 14.1. The Morgan fingerprint density at radius 3 is 2.49 bits per heavy atom. The number of aromatic nitrogens is 6. The van der Waals surface area contributed by atoms with Gasteiger partial charge >= 0.3 is 0 Å². The number of H-pyrrole nitrogens is 2. The first kappa shape index (κ1) is 27.3. The van der Waals surface area contributed by atoms with Crippen molar-refractivity contribution in [3.8, 4) is 33.6 Å². The van der Waals surface area contributed by atoms with Crippen molar-refractivity contribution in [2.45, 2.75) is 25.8 Å². The maximum atomic E-state index is 14.6. The van der Waals surface area contributed by atoms with Gasteiger partial charge < -0.3 is 4.98 Å². The minimum Gasteiger partial charge on any atom is -0.352 e. The predicted octanol–water partition coefficient (Wildman–Crippen LogP) is 4.80. The zero-order valence-corrected chi connectivity index (χ0v) is 24.0. The van der Waals surface area contributed by atoms with Gasteiger partial charge in [0.2, 0.25) is 10.0 Å². The molecule has 0 saturated carbocycles. The van der Waals surface area contributed by atoms with Gasteiger partial charge in [0.15, 0.2) is 5.65 Å². The number of nitrogens with one attached hydrogen (secondary N) is 2. The fourth-order valence-corrected chi connectivity index (χ4v) is 6.34. The maximum absolute atomic E-state index is 14.6. The van der Waals surface area contributed by atoms with Gasteiger partial charge in [-0.25, -0.2) is 22.9 Å². The third kappa shape index (κ3) is 5.76. The number of halogens is 1. The Balaban J connectivity index is 1.24. The van der Waals surface area contributed by atoms with Gasteiger partial charge in [0.05, 0.1) is 23.2 Å². The van der Waals surface area contributed by atoms with Crippen molar-refractivity contribution in [1.82, 2.24) is 35.0 Å². The zero-order valence-electron chi connectivity index (χ0n) is 23.2. The van der Waals surface area contributed by atoms with Crippen LogP contribution in [0.15, 0.2) is 67.4 Å². The fraction of sp³-hybridized carbons (Fsp3) is 0.226. The number of hydrogen-bond donors (Lipinski definition) is 3. The van der Waals surface area contributed by atoms with E-state index in [-0.39, 0.29) is 12.2 Å². The van der Waals surface area contributed by atoms with Gasteiger partial charge in [-0.15, -0.1) is 0 Å². The first-order chi connectivity index (χ1) is 20.8. The molecule has 1 fully saturated rings. The molecule has 7 rings (SSSR count).